The molecule has 0 aliphatic heterocycles. The van der Waals surface area contributed by atoms with Crippen molar-refractivity contribution >= 4 is 22.4 Å². The molecule has 0 fully saturated rings. The van der Waals surface area contributed by atoms with E-state index in [2.05, 4.69) is 14.8 Å². The van der Waals surface area contributed by atoms with Gasteiger partial charge < -0.3 is 10.1 Å². The summed E-state index contributed by atoms with van der Waals surface area (Å²) in [6, 6.07) is 2.49. The first kappa shape index (κ1) is 21.0. The zero-order valence-electron chi connectivity index (χ0n) is 11.8. The fourth-order valence-electron chi connectivity index (χ4n) is 1.50. The SMILES string of the molecule is CCCNCCNS(=O)(=O)c1ccc(OC(F)F)c(F)c1.Cl. The molecule has 0 aliphatic carbocycles. The van der Waals surface area contributed by atoms with Crippen LogP contribution >= 0.6 is 12.4 Å². The summed E-state index contributed by atoms with van der Waals surface area (Å²) >= 11 is 0. The molecule has 0 radical (unpaired) electrons. The maximum atomic E-state index is 13.5. The normalized spacial score (nSPS) is 11.3. The van der Waals surface area contributed by atoms with Gasteiger partial charge in [-0.2, -0.15) is 8.78 Å². The third-order valence-corrected chi connectivity index (χ3v) is 3.91. The van der Waals surface area contributed by atoms with Gasteiger partial charge in [-0.05, 0) is 31.2 Å². The molecular weight excluding hydrogens is 345 g/mol. The second-order valence-electron chi connectivity index (χ2n) is 4.12. The highest BCUT2D eigenvalue weighted by Crippen LogP contribution is 2.22. The summed E-state index contributed by atoms with van der Waals surface area (Å²) in [4.78, 5) is -0.350. The summed E-state index contributed by atoms with van der Waals surface area (Å²) in [7, 11) is -3.89. The van der Waals surface area contributed by atoms with E-state index < -0.39 is 28.2 Å². The van der Waals surface area contributed by atoms with Gasteiger partial charge in [0.1, 0.15) is 0 Å². The molecule has 2 N–H and O–H groups in total. The molecule has 5 nitrogen and oxygen atoms in total. The number of rotatable bonds is 9. The Bertz CT molecular complexity index is 559. The third-order valence-electron chi connectivity index (χ3n) is 2.45. The van der Waals surface area contributed by atoms with Gasteiger partial charge in [-0.25, -0.2) is 17.5 Å². The predicted molar refractivity (Wildman–Crippen MR) is 78.6 cm³/mol. The lowest BCUT2D eigenvalue weighted by Gasteiger charge is -2.09. The van der Waals surface area contributed by atoms with Crippen LogP contribution in [-0.2, 0) is 10.0 Å². The average molecular weight is 363 g/mol. The second kappa shape index (κ2) is 9.88. The molecule has 0 aliphatic rings. The monoisotopic (exact) mass is 362 g/mol. The summed E-state index contributed by atoms with van der Waals surface area (Å²) in [6.45, 7) is 0.130. The van der Waals surface area contributed by atoms with Gasteiger partial charge in [0.15, 0.2) is 11.6 Å². The van der Waals surface area contributed by atoms with E-state index in [-0.39, 0.29) is 23.8 Å². The van der Waals surface area contributed by atoms with Crippen molar-refractivity contribution in [1.82, 2.24) is 10.0 Å². The van der Waals surface area contributed by atoms with Gasteiger partial charge in [-0.15, -0.1) is 12.4 Å². The van der Waals surface area contributed by atoms with Crippen LogP contribution in [0.15, 0.2) is 23.1 Å². The Morgan fingerprint density at radius 2 is 1.91 bits per heavy atom. The van der Waals surface area contributed by atoms with Gasteiger partial charge in [-0.1, -0.05) is 6.92 Å². The van der Waals surface area contributed by atoms with E-state index in [1.54, 1.807) is 0 Å². The Morgan fingerprint density at radius 3 is 2.45 bits per heavy atom. The second-order valence-corrected chi connectivity index (χ2v) is 5.89. The van der Waals surface area contributed by atoms with E-state index in [1.807, 2.05) is 6.92 Å². The third kappa shape index (κ3) is 6.82. The summed E-state index contributed by atoms with van der Waals surface area (Å²) in [5.41, 5.74) is 0. The highest BCUT2D eigenvalue weighted by atomic mass is 35.5. The summed E-state index contributed by atoms with van der Waals surface area (Å²) in [5.74, 6) is -1.86. The maximum absolute atomic E-state index is 13.5. The van der Waals surface area contributed by atoms with E-state index >= 15 is 0 Å². The van der Waals surface area contributed by atoms with E-state index in [4.69, 9.17) is 0 Å². The number of halogens is 4. The highest BCUT2D eigenvalue weighted by Gasteiger charge is 2.17. The topological polar surface area (TPSA) is 67.4 Å². The van der Waals surface area contributed by atoms with Crippen LogP contribution in [0.2, 0.25) is 0 Å². The van der Waals surface area contributed by atoms with E-state index in [9.17, 15) is 21.6 Å². The molecule has 0 aromatic heterocycles. The largest absolute Gasteiger partial charge is 0.432 e. The number of hydrogen-bond acceptors (Lipinski definition) is 4. The highest BCUT2D eigenvalue weighted by molar-refractivity contribution is 7.89. The number of benzene rings is 1. The summed E-state index contributed by atoms with van der Waals surface area (Å²) in [5, 5.41) is 3.00. The Kier molecular flexibility index (Phi) is 9.42. The first-order chi connectivity index (χ1) is 9.86. The molecule has 1 aromatic rings. The first-order valence-corrected chi connectivity index (χ1v) is 7.80. The standard InChI is InChI=1S/C12H17F3N2O3S.ClH/c1-2-5-16-6-7-17-21(18,19)9-3-4-11(10(13)8-9)20-12(14)15;/h3-4,8,12,16-17H,2,5-7H2,1H3;1H. The van der Waals surface area contributed by atoms with Gasteiger partial charge in [0.2, 0.25) is 10.0 Å². The minimum absolute atomic E-state index is 0. The zero-order chi connectivity index (χ0) is 15.9. The van der Waals surface area contributed by atoms with Crippen LogP contribution in [0, 0.1) is 5.82 Å². The zero-order valence-corrected chi connectivity index (χ0v) is 13.4. The van der Waals surface area contributed by atoms with E-state index in [0.717, 1.165) is 25.1 Å². The molecule has 0 heterocycles. The number of hydrogen-bond donors (Lipinski definition) is 2. The van der Waals surface area contributed by atoms with E-state index in [1.165, 1.54) is 0 Å². The van der Waals surface area contributed by atoms with Gasteiger partial charge in [0.05, 0.1) is 4.90 Å². The summed E-state index contributed by atoms with van der Waals surface area (Å²) < 4.78 is 67.3. The molecule has 0 bridgehead atoms. The fourth-order valence-corrected chi connectivity index (χ4v) is 2.54. The van der Waals surface area contributed by atoms with Crippen molar-refractivity contribution in [2.45, 2.75) is 24.9 Å². The van der Waals surface area contributed by atoms with Crippen LogP contribution in [-0.4, -0.2) is 34.7 Å². The number of nitrogens with one attached hydrogen (secondary N) is 2. The van der Waals surface area contributed by atoms with Crippen molar-refractivity contribution in [3.8, 4) is 5.75 Å². The Labute approximate surface area is 133 Å². The number of alkyl halides is 2. The van der Waals surface area contributed by atoms with Crippen molar-refractivity contribution in [2.75, 3.05) is 19.6 Å². The van der Waals surface area contributed by atoms with Crippen LogP contribution in [0.4, 0.5) is 13.2 Å². The van der Waals surface area contributed by atoms with Crippen molar-refractivity contribution in [3.63, 3.8) is 0 Å². The molecule has 1 aromatic carbocycles. The van der Waals surface area contributed by atoms with Crippen LogP contribution in [0.3, 0.4) is 0 Å². The molecule has 1 rings (SSSR count). The molecular formula is C12H18ClF3N2O3S. The maximum Gasteiger partial charge on any atom is 0.387 e. The van der Waals surface area contributed by atoms with Crippen molar-refractivity contribution < 1.29 is 26.3 Å². The van der Waals surface area contributed by atoms with Crippen molar-refractivity contribution in [2.24, 2.45) is 0 Å². The lowest BCUT2D eigenvalue weighted by molar-refractivity contribution is -0.0522. The molecule has 128 valence electrons. The van der Waals surface area contributed by atoms with Gasteiger partial charge in [0, 0.05) is 13.1 Å². The van der Waals surface area contributed by atoms with Gasteiger partial charge in [-0.3, -0.25) is 0 Å². The first-order valence-electron chi connectivity index (χ1n) is 6.31. The smallest absolute Gasteiger partial charge is 0.387 e. The van der Waals surface area contributed by atoms with Crippen molar-refractivity contribution in [1.29, 1.82) is 0 Å². The Balaban J connectivity index is 0.00000441. The summed E-state index contributed by atoms with van der Waals surface area (Å²) in [6.07, 6.45) is 0.920. The van der Waals surface area contributed by atoms with E-state index in [0.29, 0.717) is 12.6 Å². The van der Waals surface area contributed by atoms with Gasteiger partial charge in [0.25, 0.3) is 0 Å². The predicted octanol–water partition coefficient (Wildman–Crippen LogP) is 2.13. The molecule has 0 saturated heterocycles. The Hall–Kier alpha value is -1.03. The van der Waals surface area contributed by atoms with Crippen LogP contribution in [0.5, 0.6) is 5.75 Å². The average Bonchev–Trinajstić information content (AvgIpc) is 2.40. The van der Waals surface area contributed by atoms with Crippen LogP contribution in [0.25, 0.3) is 0 Å². The van der Waals surface area contributed by atoms with Crippen molar-refractivity contribution in [3.05, 3.63) is 24.0 Å². The quantitative estimate of drug-likeness (QED) is 0.660. The van der Waals surface area contributed by atoms with Crippen LogP contribution in [0.1, 0.15) is 13.3 Å². The molecule has 0 amide bonds. The molecule has 0 spiro atoms. The molecule has 10 heteroatoms. The van der Waals surface area contributed by atoms with Crippen LogP contribution < -0.4 is 14.8 Å². The minimum Gasteiger partial charge on any atom is -0.432 e. The molecule has 0 unspecified atom stereocenters. The fraction of sp³-hybridized carbons (Fsp3) is 0.500. The number of sulfonamides is 1. The molecule has 0 saturated carbocycles. The molecule has 22 heavy (non-hydrogen) atoms. The van der Waals surface area contributed by atoms with Gasteiger partial charge >= 0.3 is 6.61 Å². The Morgan fingerprint density at radius 1 is 1.23 bits per heavy atom. The molecule has 0 atom stereocenters. The lowest BCUT2D eigenvalue weighted by Crippen LogP contribution is -2.32. The lowest BCUT2D eigenvalue weighted by atomic mass is 10.3. The minimum atomic E-state index is -3.89. The number of ether oxygens (including phenoxy) is 1.